The van der Waals surface area contributed by atoms with Crippen molar-refractivity contribution >= 4 is 46.3 Å². The summed E-state index contributed by atoms with van der Waals surface area (Å²) in [6, 6.07) is 10.9. The third-order valence-electron chi connectivity index (χ3n) is 7.94. The third-order valence-corrected chi connectivity index (χ3v) is 8.31. The summed E-state index contributed by atoms with van der Waals surface area (Å²) in [5.41, 5.74) is 2.23. The Morgan fingerprint density at radius 1 is 0.818 bits per heavy atom. The largest absolute Gasteiger partial charge is 0.480 e. The van der Waals surface area contributed by atoms with E-state index in [1.807, 2.05) is 38.1 Å². The molecule has 1 aliphatic rings. The zero-order valence-corrected chi connectivity index (χ0v) is 26.0. The molecule has 2 aromatic carbocycles. The summed E-state index contributed by atoms with van der Waals surface area (Å²) >= 11 is 6.27. The maximum Gasteiger partial charge on any atom is 0.326 e. The van der Waals surface area contributed by atoms with E-state index in [1.54, 1.807) is 35.4 Å². The highest BCUT2D eigenvalue weighted by atomic mass is 35.5. The summed E-state index contributed by atoms with van der Waals surface area (Å²) in [6.45, 7) is 5.19. The first kappa shape index (κ1) is 32.9. The van der Waals surface area contributed by atoms with Gasteiger partial charge < -0.3 is 30.9 Å². The Hall–Kier alpha value is -4.05. The fraction of sp³-hybridized carbons (Fsp3) is 0.455. The molecule has 0 aliphatic carbocycles. The van der Waals surface area contributed by atoms with Crippen LogP contribution in [0.15, 0.2) is 54.7 Å². The summed E-state index contributed by atoms with van der Waals surface area (Å²) in [5, 5.41) is 19.6. The molecule has 3 aromatic rings. The van der Waals surface area contributed by atoms with Crippen molar-refractivity contribution in [3.63, 3.8) is 0 Å². The minimum absolute atomic E-state index is 0.0314. The fourth-order valence-corrected chi connectivity index (χ4v) is 5.79. The molecule has 3 atom stereocenters. The summed E-state index contributed by atoms with van der Waals surface area (Å²) < 4.78 is 0. The predicted molar refractivity (Wildman–Crippen MR) is 170 cm³/mol. The lowest BCUT2D eigenvalue weighted by atomic mass is 10.00. The molecule has 10 nitrogen and oxygen atoms in total. The van der Waals surface area contributed by atoms with Crippen LogP contribution in [0, 0.1) is 5.92 Å². The third kappa shape index (κ3) is 8.98. The van der Waals surface area contributed by atoms with Crippen LogP contribution in [0.5, 0.6) is 0 Å². The van der Waals surface area contributed by atoms with Crippen LogP contribution in [0.4, 0.5) is 4.79 Å². The monoisotopic (exact) mass is 623 g/mol. The number of carbonyl (C=O) groups excluding carboxylic acids is 3. The molecule has 0 unspecified atom stereocenters. The number of fused-ring (bicyclic) bond motifs is 1. The number of para-hydroxylation sites is 1. The molecule has 0 saturated carbocycles. The van der Waals surface area contributed by atoms with Gasteiger partial charge in [0.05, 0.1) is 0 Å². The minimum Gasteiger partial charge on any atom is -0.480 e. The Morgan fingerprint density at radius 2 is 1.43 bits per heavy atom. The number of aromatic amines is 1. The number of hydrogen-bond acceptors (Lipinski definition) is 4. The van der Waals surface area contributed by atoms with E-state index >= 15 is 0 Å². The molecule has 4 rings (SSSR count). The highest BCUT2D eigenvalue weighted by molar-refractivity contribution is 6.31. The molecule has 1 aromatic heterocycles. The Labute approximate surface area is 262 Å². The second-order valence-electron chi connectivity index (χ2n) is 11.9. The molecule has 44 heavy (non-hydrogen) atoms. The molecule has 11 heteroatoms. The van der Waals surface area contributed by atoms with Crippen molar-refractivity contribution in [2.24, 2.45) is 5.92 Å². The molecule has 5 N–H and O–H groups in total. The normalized spacial score (nSPS) is 15.7. The first-order chi connectivity index (χ1) is 21.1. The number of benzene rings is 2. The first-order valence-corrected chi connectivity index (χ1v) is 15.7. The van der Waals surface area contributed by atoms with Crippen molar-refractivity contribution in [3.8, 4) is 0 Å². The SMILES string of the molecule is CC(C)C[C@H](NC(=O)N1CCCCCC1)C(=O)N[C@H](Cc1c[nH]c2ccccc12)C(=O)N[C@H](Cc1ccccc1Cl)C(=O)O. The number of hydrogen-bond donors (Lipinski definition) is 5. The summed E-state index contributed by atoms with van der Waals surface area (Å²) in [6.07, 6.45) is 6.20. The average molecular weight is 624 g/mol. The average Bonchev–Trinajstić information content (AvgIpc) is 3.19. The zero-order chi connectivity index (χ0) is 31.6. The van der Waals surface area contributed by atoms with E-state index in [0.29, 0.717) is 30.1 Å². The molecule has 2 heterocycles. The molecular formula is C33H42ClN5O5. The molecule has 0 spiro atoms. The molecule has 1 fully saturated rings. The number of carboxylic acid groups (broad SMARTS) is 1. The molecule has 4 amide bonds. The highest BCUT2D eigenvalue weighted by Gasteiger charge is 2.32. The standard InChI is InChI=1S/C33H42ClN5O5/c1-21(2)17-27(38-33(44)39-15-9-3-4-10-16-39)30(40)36-28(19-23-20-35-26-14-8-6-12-24(23)26)31(41)37-29(32(42)43)18-22-11-5-7-13-25(22)34/h5-8,11-14,20-21,27-29,35H,3-4,9-10,15-19H2,1-2H3,(H,36,40)(H,37,41)(H,38,44)(H,42,43)/t27-,28+,29+/m0/s1. The number of carboxylic acids is 1. The van der Waals surface area contributed by atoms with Gasteiger partial charge in [0.15, 0.2) is 0 Å². The number of likely N-dealkylation sites (tertiary alicyclic amines) is 1. The van der Waals surface area contributed by atoms with Crippen LogP contribution in [0.25, 0.3) is 10.9 Å². The van der Waals surface area contributed by atoms with Crippen molar-refractivity contribution in [2.75, 3.05) is 13.1 Å². The summed E-state index contributed by atoms with van der Waals surface area (Å²) in [5.74, 6) is -2.29. The number of carbonyl (C=O) groups is 4. The lowest BCUT2D eigenvalue weighted by Gasteiger charge is -2.28. The minimum atomic E-state index is -1.28. The number of nitrogens with zero attached hydrogens (tertiary/aromatic N) is 1. The Kier molecular flexibility index (Phi) is 11.7. The Balaban J connectivity index is 1.56. The van der Waals surface area contributed by atoms with Crippen molar-refractivity contribution in [1.82, 2.24) is 25.8 Å². The molecule has 1 saturated heterocycles. The van der Waals surface area contributed by atoms with E-state index in [0.717, 1.165) is 42.1 Å². The van der Waals surface area contributed by atoms with Gasteiger partial charge in [0.2, 0.25) is 11.8 Å². The van der Waals surface area contributed by atoms with Gasteiger partial charge in [-0.1, -0.05) is 74.7 Å². The number of rotatable bonds is 12. The van der Waals surface area contributed by atoms with E-state index in [1.165, 1.54) is 0 Å². The Morgan fingerprint density at radius 3 is 2.11 bits per heavy atom. The summed E-state index contributed by atoms with van der Waals surface area (Å²) in [4.78, 5) is 57.8. The zero-order valence-electron chi connectivity index (χ0n) is 25.3. The van der Waals surface area contributed by atoms with Gasteiger partial charge in [-0.25, -0.2) is 9.59 Å². The van der Waals surface area contributed by atoms with Crippen LogP contribution >= 0.6 is 11.6 Å². The van der Waals surface area contributed by atoms with Gasteiger partial charge in [-0.05, 0) is 48.4 Å². The lowest BCUT2D eigenvalue weighted by Crippen LogP contribution is -2.58. The van der Waals surface area contributed by atoms with E-state index in [9.17, 15) is 24.3 Å². The van der Waals surface area contributed by atoms with Crippen LogP contribution in [-0.4, -0.2) is 70.0 Å². The van der Waals surface area contributed by atoms with Gasteiger partial charge in [0.25, 0.3) is 0 Å². The van der Waals surface area contributed by atoms with Gasteiger partial charge in [0, 0.05) is 48.1 Å². The molecule has 0 bridgehead atoms. The smallest absolute Gasteiger partial charge is 0.326 e. The topological polar surface area (TPSA) is 144 Å². The van der Waals surface area contributed by atoms with Crippen LogP contribution in [-0.2, 0) is 27.2 Å². The van der Waals surface area contributed by atoms with E-state index < -0.39 is 35.9 Å². The molecule has 236 valence electrons. The van der Waals surface area contributed by atoms with Crippen molar-refractivity contribution < 1.29 is 24.3 Å². The van der Waals surface area contributed by atoms with Crippen LogP contribution in [0.3, 0.4) is 0 Å². The Bertz CT molecular complexity index is 1450. The summed E-state index contributed by atoms with van der Waals surface area (Å²) in [7, 11) is 0. The maximum atomic E-state index is 13.8. The van der Waals surface area contributed by atoms with Gasteiger partial charge >= 0.3 is 12.0 Å². The number of amides is 4. The molecule has 1 aliphatic heterocycles. The van der Waals surface area contributed by atoms with Gasteiger partial charge in [0.1, 0.15) is 18.1 Å². The quantitative estimate of drug-likeness (QED) is 0.199. The van der Waals surface area contributed by atoms with Gasteiger partial charge in [-0.2, -0.15) is 0 Å². The van der Waals surface area contributed by atoms with Crippen LogP contribution in [0.1, 0.15) is 57.1 Å². The van der Waals surface area contributed by atoms with Crippen molar-refractivity contribution in [1.29, 1.82) is 0 Å². The van der Waals surface area contributed by atoms with Crippen molar-refractivity contribution in [3.05, 3.63) is 70.9 Å². The molecule has 0 radical (unpaired) electrons. The van der Waals surface area contributed by atoms with Gasteiger partial charge in [-0.15, -0.1) is 0 Å². The number of H-pyrrole nitrogens is 1. The second kappa shape index (κ2) is 15.6. The van der Waals surface area contributed by atoms with Crippen molar-refractivity contribution in [2.45, 2.75) is 76.9 Å². The molecular weight excluding hydrogens is 582 g/mol. The van der Waals surface area contributed by atoms with E-state index in [4.69, 9.17) is 11.6 Å². The van der Waals surface area contributed by atoms with Gasteiger partial charge in [-0.3, -0.25) is 9.59 Å². The number of urea groups is 1. The second-order valence-corrected chi connectivity index (χ2v) is 12.3. The number of nitrogens with one attached hydrogen (secondary N) is 4. The highest BCUT2D eigenvalue weighted by Crippen LogP contribution is 2.21. The fourth-order valence-electron chi connectivity index (χ4n) is 5.58. The predicted octanol–water partition coefficient (Wildman–Crippen LogP) is 4.66. The van der Waals surface area contributed by atoms with Crippen LogP contribution in [0.2, 0.25) is 5.02 Å². The maximum absolute atomic E-state index is 13.8. The number of aromatic nitrogens is 1. The first-order valence-electron chi connectivity index (χ1n) is 15.3. The van der Waals surface area contributed by atoms with Crippen LogP contribution < -0.4 is 16.0 Å². The van der Waals surface area contributed by atoms with E-state index in [2.05, 4.69) is 20.9 Å². The number of aliphatic carboxylic acids is 1. The lowest BCUT2D eigenvalue weighted by molar-refractivity contribution is -0.142. The van der Waals surface area contributed by atoms with E-state index in [-0.39, 0.29) is 24.8 Å². The number of halogens is 1.